The number of halogens is 2. The van der Waals surface area contributed by atoms with Gasteiger partial charge in [0.15, 0.2) is 4.90 Å². The van der Waals surface area contributed by atoms with Gasteiger partial charge in [0.05, 0.1) is 16.9 Å². The van der Waals surface area contributed by atoms with E-state index in [4.69, 9.17) is 5.14 Å². The van der Waals surface area contributed by atoms with Crippen LogP contribution in [-0.2, 0) is 11.4 Å². The van der Waals surface area contributed by atoms with Crippen LogP contribution in [0.5, 0.6) is 0 Å². The van der Waals surface area contributed by atoms with Crippen molar-refractivity contribution in [3.05, 3.63) is 59.2 Å². The van der Waals surface area contributed by atoms with Gasteiger partial charge in [0.1, 0.15) is 11.6 Å². The highest BCUT2D eigenvalue weighted by Crippen LogP contribution is 2.18. The molecule has 2 rings (SSSR count). The molecule has 3 N–H and O–H groups in total. The summed E-state index contributed by atoms with van der Waals surface area (Å²) < 4.78 is 38.3. The topological polar surface area (TPSA) is 78.2 Å². The number of benzene rings is 2. The van der Waals surface area contributed by atoms with Crippen LogP contribution in [0, 0.1) is 18.6 Å². The minimum atomic E-state index is -1.70. The molecule has 4 nitrogen and oxygen atoms in total. The molecule has 0 aliphatic rings. The van der Waals surface area contributed by atoms with Crippen molar-refractivity contribution in [1.29, 1.82) is 0 Å². The molecule has 2 aromatic carbocycles. The molecule has 0 aliphatic heterocycles. The van der Waals surface area contributed by atoms with E-state index < -0.39 is 34.5 Å². The van der Waals surface area contributed by atoms with Crippen LogP contribution in [-0.4, -0.2) is 10.5 Å². The Morgan fingerprint density at radius 3 is 2.62 bits per heavy atom. The Hall–Kier alpha value is -1.96. The molecule has 0 heterocycles. The van der Waals surface area contributed by atoms with Crippen molar-refractivity contribution >= 4 is 23.0 Å². The highest BCUT2D eigenvalue weighted by molar-refractivity contribution is 7.89. The smallest absolute Gasteiger partial charge is 0.258 e. The van der Waals surface area contributed by atoms with E-state index in [1.54, 1.807) is 6.07 Å². The predicted octanol–water partition coefficient (Wildman–Crippen LogP) is 2.51. The Labute approximate surface area is 123 Å². The molecule has 1 unspecified atom stereocenters. The van der Waals surface area contributed by atoms with Crippen molar-refractivity contribution in [1.82, 2.24) is 0 Å². The van der Waals surface area contributed by atoms with E-state index in [9.17, 15) is 18.1 Å². The number of hydrogen-bond donors (Lipinski definition) is 2. The minimum Gasteiger partial charge on any atom is -0.593 e. The molecule has 7 heteroatoms. The molecule has 0 saturated heterocycles. The standard InChI is InChI=1S/C14H12F2N2O2S/c1-8-5-13(16)11(7-12(8)15)14(19)18-9-3-2-4-10(6-9)21(17)20/h2-7H,17H2,1H3,(H,18,19). The molecule has 0 fully saturated rings. The number of anilines is 1. The van der Waals surface area contributed by atoms with Gasteiger partial charge < -0.3 is 9.87 Å². The number of amides is 1. The molecule has 0 aliphatic carbocycles. The third-order valence-electron chi connectivity index (χ3n) is 2.82. The number of hydrogen-bond acceptors (Lipinski definition) is 3. The molecule has 1 amide bonds. The van der Waals surface area contributed by atoms with E-state index in [0.29, 0.717) is 4.90 Å². The maximum absolute atomic E-state index is 13.7. The van der Waals surface area contributed by atoms with Crippen molar-refractivity contribution in [2.24, 2.45) is 5.14 Å². The van der Waals surface area contributed by atoms with E-state index in [1.165, 1.54) is 25.1 Å². The number of carbonyl (C=O) groups is 1. The molecule has 1 atom stereocenters. The first-order valence-electron chi connectivity index (χ1n) is 5.91. The Morgan fingerprint density at radius 2 is 1.95 bits per heavy atom. The van der Waals surface area contributed by atoms with Gasteiger partial charge in [-0.1, -0.05) is 6.07 Å². The number of aryl methyl sites for hydroxylation is 1. The zero-order valence-electron chi connectivity index (χ0n) is 11.0. The van der Waals surface area contributed by atoms with Gasteiger partial charge >= 0.3 is 0 Å². The van der Waals surface area contributed by atoms with Crippen molar-refractivity contribution < 1.29 is 18.1 Å². The Bertz CT molecular complexity index is 693. The summed E-state index contributed by atoms with van der Waals surface area (Å²) >= 11 is -1.70. The molecular weight excluding hydrogens is 298 g/mol. The lowest BCUT2D eigenvalue weighted by Crippen LogP contribution is -2.16. The van der Waals surface area contributed by atoms with Crippen molar-refractivity contribution in [2.45, 2.75) is 11.8 Å². The van der Waals surface area contributed by atoms with E-state index in [2.05, 4.69) is 5.32 Å². The fourth-order valence-electron chi connectivity index (χ4n) is 1.72. The van der Waals surface area contributed by atoms with Crippen molar-refractivity contribution in [2.75, 3.05) is 5.32 Å². The summed E-state index contributed by atoms with van der Waals surface area (Å²) in [7, 11) is 0. The fraction of sp³-hybridized carbons (Fsp3) is 0.0714. The summed E-state index contributed by atoms with van der Waals surface area (Å²) in [5.74, 6) is -2.28. The SMILES string of the molecule is Cc1cc(F)c(C(=O)Nc2cccc([S+](N)[O-])c2)cc1F. The molecular formula is C14H12F2N2O2S. The summed E-state index contributed by atoms with van der Waals surface area (Å²) in [6.45, 7) is 1.40. The second-order valence-electron chi connectivity index (χ2n) is 4.36. The van der Waals surface area contributed by atoms with Crippen LogP contribution >= 0.6 is 0 Å². The normalized spacial score (nSPS) is 12.0. The van der Waals surface area contributed by atoms with Gasteiger partial charge in [-0.3, -0.25) is 4.79 Å². The van der Waals surface area contributed by atoms with E-state index in [0.717, 1.165) is 12.1 Å². The van der Waals surface area contributed by atoms with Gasteiger partial charge in [-0.25, -0.2) is 8.78 Å². The van der Waals surface area contributed by atoms with E-state index in [-0.39, 0.29) is 11.3 Å². The average Bonchev–Trinajstić information content (AvgIpc) is 2.43. The Kier molecular flexibility index (Phi) is 4.56. The van der Waals surface area contributed by atoms with Crippen LogP contribution < -0.4 is 10.5 Å². The lowest BCUT2D eigenvalue weighted by molar-refractivity contribution is 0.102. The first-order chi connectivity index (χ1) is 9.88. The summed E-state index contributed by atoms with van der Waals surface area (Å²) in [4.78, 5) is 12.3. The third kappa shape index (κ3) is 3.57. The van der Waals surface area contributed by atoms with Gasteiger partial charge in [0, 0.05) is 11.8 Å². The zero-order valence-corrected chi connectivity index (χ0v) is 11.8. The predicted molar refractivity (Wildman–Crippen MR) is 76.1 cm³/mol. The molecule has 21 heavy (non-hydrogen) atoms. The lowest BCUT2D eigenvalue weighted by atomic mass is 10.1. The van der Waals surface area contributed by atoms with Gasteiger partial charge in [-0.2, -0.15) is 0 Å². The molecule has 110 valence electrons. The number of nitrogens with one attached hydrogen (secondary N) is 1. The first kappa shape index (κ1) is 15.4. The summed E-state index contributed by atoms with van der Waals surface area (Å²) in [6.07, 6.45) is 0. The average molecular weight is 310 g/mol. The highest BCUT2D eigenvalue weighted by atomic mass is 32.2. The second kappa shape index (κ2) is 6.21. The highest BCUT2D eigenvalue weighted by Gasteiger charge is 2.16. The second-order valence-corrected chi connectivity index (χ2v) is 5.43. The molecule has 0 radical (unpaired) electrons. The largest absolute Gasteiger partial charge is 0.593 e. The Morgan fingerprint density at radius 1 is 1.24 bits per heavy atom. The van der Waals surface area contributed by atoms with Crippen LogP contribution in [0.1, 0.15) is 15.9 Å². The fourth-order valence-corrected chi connectivity index (χ4v) is 2.17. The monoisotopic (exact) mass is 310 g/mol. The molecule has 0 spiro atoms. The van der Waals surface area contributed by atoms with Crippen molar-refractivity contribution in [3.63, 3.8) is 0 Å². The maximum Gasteiger partial charge on any atom is 0.258 e. The van der Waals surface area contributed by atoms with Gasteiger partial charge in [-0.05, 0) is 36.8 Å². The molecule has 0 saturated carbocycles. The minimum absolute atomic E-state index is 0.115. The number of rotatable bonds is 3. The van der Waals surface area contributed by atoms with Crippen LogP contribution in [0.25, 0.3) is 0 Å². The summed E-state index contributed by atoms with van der Waals surface area (Å²) in [6, 6.07) is 7.79. The number of nitrogens with two attached hydrogens (primary N) is 1. The molecule has 2 aromatic rings. The van der Waals surface area contributed by atoms with Crippen molar-refractivity contribution in [3.8, 4) is 0 Å². The maximum atomic E-state index is 13.7. The van der Waals surface area contributed by atoms with Crippen LogP contribution in [0.2, 0.25) is 0 Å². The Balaban J connectivity index is 2.26. The van der Waals surface area contributed by atoms with Gasteiger partial charge in [0.2, 0.25) is 0 Å². The summed E-state index contributed by atoms with van der Waals surface area (Å²) in [5.41, 5.74) is -0.00127. The first-order valence-corrected chi connectivity index (χ1v) is 7.13. The lowest BCUT2D eigenvalue weighted by Gasteiger charge is -2.09. The molecule has 0 aromatic heterocycles. The van der Waals surface area contributed by atoms with Gasteiger partial charge in [0.25, 0.3) is 5.91 Å². The quantitative estimate of drug-likeness (QED) is 0.855. The van der Waals surface area contributed by atoms with E-state index >= 15 is 0 Å². The van der Waals surface area contributed by atoms with Crippen LogP contribution in [0.15, 0.2) is 41.3 Å². The zero-order chi connectivity index (χ0) is 15.6. The van der Waals surface area contributed by atoms with Gasteiger partial charge in [-0.15, -0.1) is 5.14 Å². The number of carbonyl (C=O) groups excluding carboxylic acids is 1. The van der Waals surface area contributed by atoms with Crippen LogP contribution in [0.4, 0.5) is 14.5 Å². The van der Waals surface area contributed by atoms with Crippen LogP contribution in [0.3, 0.4) is 0 Å². The third-order valence-corrected chi connectivity index (χ3v) is 3.54. The van der Waals surface area contributed by atoms with E-state index in [1.807, 2.05) is 0 Å². The molecule has 0 bridgehead atoms. The summed E-state index contributed by atoms with van der Waals surface area (Å²) in [5, 5.41) is 7.64.